The van der Waals surface area contributed by atoms with Crippen LogP contribution in [0.1, 0.15) is 41.7 Å². The second kappa shape index (κ2) is 5.99. The average Bonchev–Trinajstić information content (AvgIpc) is 2.53. The highest BCUT2D eigenvalue weighted by Gasteiger charge is 2.38. The van der Waals surface area contributed by atoms with Crippen molar-refractivity contribution in [3.8, 4) is 0 Å². The highest BCUT2D eigenvalue weighted by Crippen LogP contribution is 2.30. The van der Waals surface area contributed by atoms with E-state index in [-0.39, 0.29) is 17.7 Å². The smallest absolute Gasteiger partial charge is 0.374 e. The van der Waals surface area contributed by atoms with Crippen molar-refractivity contribution in [1.82, 2.24) is 9.88 Å². The van der Waals surface area contributed by atoms with Crippen LogP contribution in [-0.4, -0.2) is 41.1 Å². The highest BCUT2D eigenvalue weighted by atomic mass is 19.4. The average molecular weight is 330 g/mol. The molecule has 1 aliphatic heterocycles. The number of aromatic amines is 1. The zero-order chi connectivity index (χ0) is 16.6. The van der Waals surface area contributed by atoms with E-state index in [2.05, 4.69) is 0 Å². The van der Waals surface area contributed by atoms with Crippen molar-refractivity contribution in [2.24, 2.45) is 0 Å². The number of amides is 1. The number of morpholine rings is 1. The number of hydrogen-bond acceptors (Lipinski definition) is 3. The fourth-order valence-electron chi connectivity index (χ4n) is 3.31. The van der Waals surface area contributed by atoms with Crippen molar-refractivity contribution in [2.45, 2.75) is 44.0 Å². The topological polar surface area (TPSA) is 62.4 Å². The van der Waals surface area contributed by atoms with Crippen LogP contribution in [0.3, 0.4) is 0 Å². The number of ether oxygens (including phenoxy) is 1. The molecule has 2 aliphatic rings. The number of nitrogens with one attached hydrogen (secondary N) is 1. The first-order chi connectivity index (χ1) is 10.9. The van der Waals surface area contributed by atoms with Crippen molar-refractivity contribution < 1.29 is 22.7 Å². The van der Waals surface area contributed by atoms with Crippen molar-refractivity contribution in [2.75, 3.05) is 13.2 Å². The maximum Gasteiger partial charge on any atom is 0.431 e. The molecule has 126 valence electrons. The van der Waals surface area contributed by atoms with Gasteiger partial charge in [0, 0.05) is 6.54 Å². The van der Waals surface area contributed by atoms with E-state index < -0.39 is 23.3 Å². The zero-order valence-corrected chi connectivity index (χ0v) is 12.4. The number of halogens is 3. The van der Waals surface area contributed by atoms with Crippen LogP contribution < -0.4 is 5.56 Å². The van der Waals surface area contributed by atoms with Crippen molar-refractivity contribution in [3.63, 3.8) is 0 Å². The monoisotopic (exact) mass is 330 g/mol. The molecule has 0 radical (unpaired) electrons. The first-order valence-corrected chi connectivity index (χ1v) is 7.61. The van der Waals surface area contributed by atoms with Gasteiger partial charge in [-0.15, -0.1) is 0 Å². The first-order valence-electron chi connectivity index (χ1n) is 7.61. The van der Waals surface area contributed by atoms with Gasteiger partial charge in [-0.2, -0.15) is 13.2 Å². The predicted octanol–water partition coefficient (Wildman–Crippen LogP) is 2.18. The Hall–Kier alpha value is -1.83. The fourth-order valence-corrected chi connectivity index (χ4v) is 3.31. The molecule has 3 rings (SSSR count). The second-order valence-electron chi connectivity index (χ2n) is 5.87. The van der Waals surface area contributed by atoms with Crippen molar-refractivity contribution >= 4 is 5.91 Å². The third kappa shape index (κ3) is 3.12. The first kappa shape index (κ1) is 16.0. The maximum atomic E-state index is 12.6. The Bertz CT molecular complexity index is 654. The molecule has 2 fully saturated rings. The number of H-pyrrole nitrogens is 1. The molecule has 1 amide bonds. The summed E-state index contributed by atoms with van der Waals surface area (Å²) in [6, 6.07) is 1.58. The minimum Gasteiger partial charge on any atom is -0.374 e. The van der Waals surface area contributed by atoms with Gasteiger partial charge in [-0.1, -0.05) is 12.8 Å². The quantitative estimate of drug-likeness (QED) is 0.858. The maximum absolute atomic E-state index is 12.6. The molecule has 2 atom stereocenters. The summed E-state index contributed by atoms with van der Waals surface area (Å²) in [5.41, 5.74) is -2.43. The molecule has 1 aromatic rings. The van der Waals surface area contributed by atoms with Gasteiger partial charge in [0.2, 0.25) is 0 Å². The van der Waals surface area contributed by atoms with Gasteiger partial charge in [0.15, 0.2) is 0 Å². The molecule has 1 N–H and O–H groups in total. The SMILES string of the molecule is O=C(c1ccc(C(F)(F)F)[nH]c1=O)N1CCO[C@H]2CCCC[C@H]21. The summed E-state index contributed by atoms with van der Waals surface area (Å²) >= 11 is 0. The van der Waals surface area contributed by atoms with Crippen LogP contribution in [0.25, 0.3) is 0 Å². The number of carbonyl (C=O) groups is 1. The molecular weight excluding hydrogens is 313 g/mol. The summed E-state index contributed by atoms with van der Waals surface area (Å²) in [5.74, 6) is -0.528. The molecule has 1 aliphatic carbocycles. The zero-order valence-electron chi connectivity index (χ0n) is 12.4. The lowest BCUT2D eigenvalue weighted by Crippen LogP contribution is -2.55. The Balaban J connectivity index is 1.86. The van der Waals surface area contributed by atoms with E-state index in [1.807, 2.05) is 0 Å². The van der Waals surface area contributed by atoms with Crippen LogP contribution in [0.2, 0.25) is 0 Å². The Morgan fingerprint density at radius 2 is 2.00 bits per heavy atom. The molecule has 23 heavy (non-hydrogen) atoms. The third-order valence-electron chi connectivity index (χ3n) is 4.44. The van der Waals surface area contributed by atoms with Crippen molar-refractivity contribution in [3.05, 3.63) is 33.7 Å². The predicted molar refractivity (Wildman–Crippen MR) is 75.1 cm³/mol. The highest BCUT2D eigenvalue weighted by molar-refractivity contribution is 5.94. The number of rotatable bonds is 1. The Kier molecular flexibility index (Phi) is 4.18. The van der Waals surface area contributed by atoms with Gasteiger partial charge in [-0.25, -0.2) is 0 Å². The Labute approximate surface area is 130 Å². The van der Waals surface area contributed by atoms with Crippen LogP contribution in [0.5, 0.6) is 0 Å². The van der Waals surface area contributed by atoms with E-state index in [4.69, 9.17) is 4.74 Å². The summed E-state index contributed by atoms with van der Waals surface area (Å²) in [6.07, 6.45) is -1.04. The van der Waals surface area contributed by atoms with Gasteiger partial charge < -0.3 is 14.6 Å². The van der Waals surface area contributed by atoms with Crippen LogP contribution in [0.4, 0.5) is 13.2 Å². The third-order valence-corrected chi connectivity index (χ3v) is 4.44. The van der Waals surface area contributed by atoms with Crippen molar-refractivity contribution in [1.29, 1.82) is 0 Å². The molecule has 0 unspecified atom stereocenters. The summed E-state index contributed by atoms with van der Waals surface area (Å²) < 4.78 is 43.4. The van der Waals surface area contributed by atoms with E-state index in [1.54, 1.807) is 9.88 Å². The lowest BCUT2D eigenvalue weighted by Gasteiger charge is -2.43. The molecule has 1 aromatic heterocycles. The molecule has 8 heteroatoms. The van der Waals surface area contributed by atoms with Crippen LogP contribution >= 0.6 is 0 Å². The molecule has 5 nitrogen and oxygen atoms in total. The van der Waals surface area contributed by atoms with Gasteiger partial charge in [0.1, 0.15) is 11.3 Å². The van der Waals surface area contributed by atoms with E-state index in [0.717, 1.165) is 37.8 Å². The van der Waals surface area contributed by atoms with Gasteiger partial charge in [0.05, 0.1) is 18.8 Å². The van der Waals surface area contributed by atoms with E-state index in [0.29, 0.717) is 13.2 Å². The molecule has 0 bridgehead atoms. The number of aromatic nitrogens is 1. The van der Waals surface area contributed by atoms with Gasteiger partial charge in [-0.05, 0) is 25.0 Å². The number of hydrogen-bond donors (Lipinski definition) is 1. The minimum absolute atomic E-state index is 0.0463. The van der Waals surface area contributed by atoms with E-state index >= 15 is 0 Å². The standard InChI is InChI=1S/C15H17F3N2O3/c16-15(17,18)12-6-5-9(13(21)19-12)14(22)20-7-8-23-11-4-2-1-3-10(11)20/h5-6,10-11H,1-4,7-8H2,(H,19,21)/t10-,11+/m1/s1. The normalized spacial score (nSPS) is 25.1. The second-order valence-corrected chi connectivity index (χ2v) is 5.87. The number of nitrogens with zero attached hydrogens (tertiary/aromatic N) is 1. The fraction of sp³-hybridized carbons (Fsp3) is 0.600. The lowest BCUT2D eigenvalue weighted by atomic mass is 9.90. The molecular formula is C15H17F3N2O3. The summed E-state index contributed by atoms with van der Waals surface area (Å²) in [5, 5.41) is 0. The molecule has 0 spiro atoms. The van der Waals surface area contributed by atoms with Gasteiger partial charge in [0.25, 0.3) is 11.5 Å². The summed E-state index contributed by atoms with van der Waals surface area (Å²) in [7, 11) is 0. The minimum atomic E-state index is -4.64. The number of pyridine rings is 1. The van der Waals surface area contributed by atoms with Crippen LogP contribution in [0.15, 0.2) is 16.9 Å². The van der Waals surface area contributed by atoms with Crippen LogP contribution in [-0.2, 0) is 10.9 Å². The van der Waals surface area contributed by atoms with Gasteiger partial charge in [-0.3, -0.25) is 9.59 Å². The van der Waals surface area contributed by atoms with Crippen LogP contribution in [0, 0.1) is 0 Å². The Morgan fingerprint density at radius 1 is 1.26 bits per heavy atom. The van der Waals surface area contributed by atoms with E-state index in [1.165, 1.54) is 0 Å². The number of alkyl halides is 3. The summed E-state index contributed by atoms with van der Waals surface area (Å²) in [4.78, 5) is 27.8. The molecule has 1 saturated carbocycles. The Morgan fingerprint density at radius 3 is 2.70 bits per heavy atom. The lowest BCUT2D eigenvalue weighted by molar-refractivity contribution is -0.141. The summed E-state index contributed by atoms with van der Waals surface area (Å²) in [6.45, 7) is 0.728. The molecule has 0 aromatic carbocycles. The molecule has 1 saturated heterocycles. The number of fused-ring (bicyclic) bond motifs is 1. The van der Waals surface area contributed by atoms with Gasteiger partial charge >= 0.3 is 6.18 Å². The molecule has 2 heterocycles. The largest absolute Gasteiger partial charge is 0.431 e. The number of carbonyl (C=O) groups excluding carboxylic acids is 1. The van der Waals surface area contributed by atoms with E-state index in [9.17, 15) is 22.8 Å².